The molecule has 0 bridgehead atoms. The van der Waals surface area contributed by atoms with E-state index in [1.165, 1.54) is 11.3 Å². The van der Waals surface area contributed by atoms with E-state index in [1.807, 2.05) is 24.8 Å². The molecule has 0 aliphatic carbocycles. The first-order valence-corrected chi connectivity index (χ1v) is 7.35. The summed E-state index contributed by atoms with van der Waals surface area (Å²) in [7, 11) is 0. The van der Waals surface area contributed by atoms with Gasteiger partial charge in [0.15, 0.2) is 0 Å². The maximum absolute atomic E-state index is 5.71. The van der Waals surface area contributed by atoms with Crippen molar-refractivity contribution in [2.75, 3.05) is 18.1 Å². The highest BCUT2D eigenvalue weighted by Gasteiger charge is 2.29. The molecule has 1 aliphatic heterocycles. The molecule has 0 radical (unpaired) electrons. The van der Waals surface area contributed by atoms with Gasteiger partial charge in [-0.15, -0.1) is 0 Å². The van der Waals surface area contributed by atoms with Crippen molar-refractivity contribution in [1.82, 2.24) is 5.32 Å². The van der Waals surface area contributed by atoms with Crippen molar-refractivity contribution in [2.24, 2.45) is 0 Å². The van der Waals surface area contributed by atoms with Gasteiger partial charge in [-0.05, 0) is 26.8 Å². The second-order valence-electron chi connectivity index (χ2n) is 5.07. The molecule has 1 N–H and O–H groups in total. The van der Waals surface area contributed by atoms with Gasteiger partial charge in [-0.2, -0.15) is 11.8 Å². The molecule has 17 heavy (non-hydrogen) atoms. The highest BCUT2D eigenvalue weighted by Crippen LogP contribution is 2.33. The van der Waals surface area contributed by atoms with Crippen molar-refractivity contribution in [2.45, 2.75) is 32.4 Å². The van der Waals surface area contributed by atoms with Crippen LogP contribution in [0.3, 0.4) is 0 Å². The average Bonchev–Trinajstić information content (AvgIpc) is 2.29. The highest BCUT2D eigenvalue weighted by atomic mass is 32.2. The molecule has 1 saturated heterocycles. The maximum atomic E-state index is 5.71. The summed E-state index contributed by atoms with van der Waals surface area (Å²) >= 11 is 2.01. The molecular weight excluding hydrogens is 230 g/mol. The normalized spacial score (nSPS) is 23.4. The lowest BCUT2D eigenvalue weighted by atomic mass is 10.0. The van der Waals surface area contributed by atoms with Crippen molar-refractivity contribution in [3.63, 3.8) is 0 Å². The summed E-state index contributed by atoms with van der Waals surface area (Å²) in [4.78, 5) is 0. The van der Waals surface area contributed by atoms with Gasteiger partial charge in [0, 0.05) is 28.6 Å². The molecule has 1 heterocycles. The molecule has 94 valence electrons. The minimum Gasteiger partial charge on any atom is -0.494 e. The summed E-state index contributed by atoms with van der Waals surface area (Å²) in [6, 6.07) is 8.75. The van der Waals surface area contributed by atoms with Gasteiger partial charge in [0.25, 0.3) is 0 Å². The Bertz CT molecular complexity index is 378. The number of nitrogens with one attached hydrogen (secondary N) is 1. The maximum Gasteiger partial charge on any atom is 0.124 e. The Balaban J connectivity index is 2.21. The number of thioether (sulfide) groups is 1. The zero-order chi connectivity index (χ0) is 12.3. The van der Waals surface area contributed by atoms with Crippen LogP contribution in [0.1, 0.15) is 32.4 Å². The Morgan fingerprint density at radius 1 is 1.41 bits per heavy atom. The Morgan fingerprint density at radius 3 is 2.88 bits per heavy atom. The summed E-state index contributed by atoms with van der Waals surface area (Å²) in [5.41, 5.74) is 1.49. The highest BCUT2D eigenvalue weighted by molar-refractivity contribution is 7.99. The van der Waals surface area contributed by atoms with E-state index in [0.29, 0.717) is 6.04 Å². The van der Waals surface area contributed by atoms with Crippen LogP contribution >= 0.6 is 11.8 Å². The van der Waals surface area contributed by atoms with Crippen LogP contribution in [0.25, 0.3) is 0 Å². The fraction of sp³-hybridized carbons (Fsp3) is 0.571. The first kappa shape index (κ1) is 12.8. The van der Waals surface area contributed by atoms with Crippen molar-refractivity contribution in [1.29, 1.82) is 0 Å². The van der Waals surface area contributed by atoms with Crippen LogP contribution in [0.2, 0.25) is 0 Å². The molecule has 0 saturated carbocycles. The standard InChI is InChI=1S/C14H21NOS/c1-4-16-13-8-6-5-7-11(13)12-9-17-10-14(2,3)15-12/h5-8,12,15H,4,9-10H2,1-3H3. The van der Waals surface area contributed by atoms with Crippen LogP contribution in [0.5, 0.6) is 5.75 Å². The monoisotopic (exact) mass is 251 g/mol. The molecule has 0 spiro atoms. The van der Waals surface area contributed by atoms with Gasteiger partial charge in [0.2, 0.25) is 0 Å². The fourth-order valence-electron chi connectivity index (χ4n) is 2.21. The zero-order valence-electron chi connectivity index (χ0n) is 10.8. The van der Waals surface area contributed by atoms with Crippen molar-refractivity contribution >= 4 is 11.8 Å². The van der Waals surface area contributed by atoms with Crippen LogP contribution in [0.4, 0.5) is 0 Å². The fourth-order valence-corrected chi connectivity index (χ4v) is 3.42. The van der Waals surface area contributed by atoms with E-state index < -0.39 is 0 Å². The zero-order valence-corrected chi connectivity index (χ0v) is 11.6. The number of rotatable bonds is 3. The van der Waals surface area contributed by atoms with Crippen LogP contribution in [-0.4, -0.2) is 23.7 Å². The van der Waals surface area contributed by atoms with Gasteiger partial charge in [0.1, 0.15) is 5.75 Å². The summed E-state index contributed by atoms with van der Waals surface area (Å²) in [5.74, 6) is 3.30. The number of ether oxygens (including phenoxy) is 1. The van der Waals surface area contributed by atoms with E-state index in [9.17, 15) is 0 Å². The predicted molar refractivity (Wildman–Crippen MR) is 74.9 cm³/mol. The lowest BCUT2D eigenvalue weighted by Gasteiger charge is -2.37. The first-order chi connectivity index (χ1) is 8.12. The molecule has 1 fully saturated rings. The SMILES string of the molecule is CCOc1ccccc1C1CSCC(C)(C)N1. The van der Waals surface area contributed by atoms with E-state index in [0.717, 1.165) is 18.1 Å². The lowest BCUT2D eigenvalue weighted by molar-refractivity contribution is 0.322. The van der Waals surface area contributed by atoms with Gasteiger partial charge >= 0.3 is 0 Å². The molecule has 1 aromatic rings. The van der Waals surface area contributed by atoms with E-state index in [4.69, 9.17) is 4.74 Å². The average molecular weight is 251 g/mol. The smallest absolute Gasteiger partial charge is 0.124 e. The molecule has 0 amide bonds. The Hall–Kier alpha value is -0.670. The van der Waals surface area contributed by atoms with Crippen LogP contribution in [-0.2, 0) is 0 Å². The van der Waals surface area contributed by atoms with Crippen LogP contribution < -0.4 is 10.1 Å². The number of hydrogen-bond acceptors (Lipinski definition) is 3. The molecule has 0 aromatic heterocycles. The van der Waals surface area contributed by atoms with Crippen LogP contribution in [0, 0.1) is 0 Å². The van der Waals surface area contributed by atoms with Gasteiger partial charge in [0.05, 0.1) is 6.61 Å². The summed E-state index contributed by atoms with van der Waals surface area (Å²) in [5, 5.41) is 3.71. The van der Waals surface area contributed by atoms with E-state index >= 15 is 0 Å². The lowest BCUT2D eigenvalue weighted by Crippen LogP contribution is -2.48. The Morgan fingerprint density at radius 2 is 2.18 bits per heavy atom. The van der Waals surface area contributed by atoms with E-state index in [1.54, 1.807) is 0 Å². The molecule has 2 rings (SSSR count). The Labute approximate surface area is 108 Å². The molecular formula is C14H21NOS. The van der Waals surface area contributed by atoms with Gasteiger partial charge < -0.3 is 10.1 Å². The minimum absolute atomic E-state index is 0.201. The number of benzene rings is 1. The predicted octanol–water partition coefficient (Wildman–Crippen LogP) is 3.24. The third-order valence-corrected chi connectivity index (χ3v) is 4.40. The van der Waals surface area contributed by atoms with Gasteiger partial charge in [-0.25, -0.2) is 0 Å². The van der Waals surface area contributed by atoms with Crippen molar-refractivity contribution in [3.8, 4) is 5.75 Å². The second kappa shape index (κ2) is 5.32. The van der Waals surface area contributed by atoms with Crippen molar-refractivity contribution < 1.29 is 4.74 Å². The third kappa shape index (κ3) is 3.17. The Kier molecular flexibility index (Phi) is 4.00. The summed E-state index contributed by atoms with van der Waals surface area (Å²) in [6.07, 6.45) is 0. The molecule has 1 aliphatic rings. The second-order valence-corrected chi connectivity index (χ2v) is 6.10. The van der Waals surface area contributed by atoms with E-state index in [2.05, 4.69) is 37.4 Å². The largest absolute Gasteiger partial charge is 0.494 e. The molecule has 1 aromatic carbocycles. The first-order valence-electron chi connectivity index (χ1n) is 6.19. The summed E-state index contributed by atoms with van der Waals surface area (Å²) in [6.45, 7) is 7.27. The van der Waals surface area contributed by atoms with Gasteiger partial charge in [-0.3, -0.25) is 0 Å². The minimum atomic E-state index is 0.201. The molecule has 3 heteroatoms. The van der Waals surface area contributed by atoms with Crippen molar-refractivity contribution in [3.05, 3.63) is 29.8 Å². The molecule has 2 nitrogen and oxygen atoms in total. The molecule has 1 atom stereocenters. The molecule has 1 unspecified atom stereocenters. The number of hydrogen-bond donors (Lipinski definition) is 1. The van der Waals surface area contributed by atoms with Crippen LogP contribution in [0.15, 0.2) is 24.3 Å². The topological polar surface area (TPSA) is 21.3 Å². The number of para-hydroxylation sites is 1. The summed E-state index contributed by atoms with van der Waals surface area (Å²) < 4.78 is 5.71. The van der Waals surface area contributed by atoms with E-state index in [-0.39, 0.29) is 5.54 Å². The third-order valence-electron chi connectivity index (χ3n) is 2.91. The van der Waals surface area contributed by atoms with Gasteiger partial charge in [-0.1, -0.05) is 18.2 Å². The quantitative estimate of drug-likeness (QED) is 0.891.